The van der Waals surface area contributed by atoms with Gasteiger partial charge in [0, 0.05) is 12.1 Å². The van der Waals surface area contributed by atoms with Crippen LogP contribution in [0, 0.1) is 0 Å². The van der Waals surface area contributed by atoms with Gasteiger partial charge in [-0.3, -0.25) is 9.59 Å². The van der Waals surface area contributed by atoms with E-state index < -0.39 is 17.7 Å². The van der Waals surface area contributed by atoms with Crippen LogP contribution in [0.3, 0.4) is 0 Å². The molecule has 1 atom stereocenters. The number of Topliss-reactive ketones (excluding diaryl/α,β-unsaturated/α-hetero) is 1. The van der Waals surface area contributed by atoms with Gasteiger partial charge in [0.25, 0.3) is 11.7 Å². The van der Waals surface area contributed by atoms with Gasteiger partial charge >= 0.3 is 0 Å². The van der Waals surface area contributed by atoms with Crippen LogP contribution in [0.1, 0.15) is 36.1 Å². The molecular weight excluding hydrogens is 458 g/mol. The highest BCUT2D eigenvalue weighted by Gasteiger charge is 2.46. The highest BCUT2D eigenvalue weighted by Crippen LogP contribution is 2.42. The van der Waals surface area contributed by atoms with Gasteiger partial charge in [-0.05, 0) is 41.8 Å². The van der Waals surface area contributed by atoms with Crippen molar-refractivity contribution >= 4 is 17.4 Å². The van der Waals surface area contributed by atoms with Crippen LogP contribution in [0.4, 0.5) is 0 Å². The van der Waals surface area contributed by atoms with Crippen molar-refractivity contribution in [2.45, 2.75) is 25.9 Å². The summed E-state index contributed by atoms with van der Waals surface area (Å²) in [5.41, 5.74) is 1.88. The number of aliphatic hydroxyl groups excluding tert-OH is 1. The number of amides is 1. The van der Waals surface area contributed by atoms with Crippen LogP contribution in [0.5, 0.6) is 17.2 Å². The summed E-state index contributed by atoms with van der Waals surface area (Å²) in [6.07, 6.45) is 0.833. The standard InChI is InChI=1S/C29H29NO6/c1-4-15-36-22-12-8-11-21(16-22)27(31)25-26(20-13-14-23(34-2)24(17-20)35-3)30(29(33)28(25)32)18-19-9-6-5-7-10-19/h5-14,16-17,26,31H,4,15,18H2,1-3H3/b27-25+. The number of likely N-dealkylation sites (tertiary alicyclic amines) is 1. The van der Waals surface area contributed by atoms with E-state index in [-0.39, 0.29) is 17.9 Å². The molecule has 7 heteroatoms. The SMILES string of the molecule is CCCOc1cccc(/C(O)=C2\C(=O)C(=O)N(Cc3ccccc3)C2c2ccc(OC)c(OC)c2)c1. The number of carbonyl (C=O) groups is 2. The fourth-order valence-electron chi connectivity index (χ4n) is 4.30. The zero-order valence-electron chi connectivity index (χ0n) is 20.6. The lowest BCUT2D eigenvalue weighted by atomic mass is 9.94. The summed E-state index contributed by atoms with van der Waals surface area (Å²) in [6.45, 7) is 2.72. The van der Waals surface area contributed by atoms with Crippen LogP contribution < -0.4 is 14.2 Å². The third-order valence-electron chi connectivity index (χ3n) is 6.04. The monoisotopic (exact) mass is 487 g/mol. The highest BCUT2D eigenvalue weighted by atomic mass is 16.5. The van der Waals surface area contributed by atoms with E-state index in [4.69, 9.17) is 14.2 Å². The maximum Gasteiger partial charge on any atom is 0.295 e. The lowest BCUT2D eigenvalue weighted by molar-refractivity contribution is -0.140. The summed E-state index contributed by atoms with van der Waals surface area (Å²) >= 11 is 0. The quantitative estimate of drug-likeness (QED) is 0.256. The molecule has 0 spiro atoms. The fraction of sp³-hybridized carbons (Fsp3) is 0.241. The molecule has 3 aromatic carbocycles. The molecule has 186 valence electrons. The van der Waals surface area contributed by atoms with E-state index in [1.165, 1.54) is 19.1 Å². The zero-order chi connectivity index (χ0) is 25.7. The number of ether oxygens (including phenoxy) is 3. The average molecular weight is 488 g/mol. The van der Waals surface area contributed by atoms with Crippen LogP contribution in [0.2, 0.25) is 0 Å². The highest BCUT2D eigenvalue weighted by molar-refractivity contribution is 6.46. The fourth-order valence-corrected chi connectivity index (χ4v) is 4.30. The van der Waals surface area contributed by atoms with Crippen molar-refractivity contribution in [3.63, 3.8) is 0 Å². The van der Waals surface area contributed by atoms with Crippen molar-refractivity contribution in [1.82, 2.24) is 4.90 Å². The van der Waals surface area contributed by atoms with Gasteiger partial charge < -0.3 is 24.2 Å². The number of hydrogen-bond donors (Lipinski definition) is 1. The smallest absolute Gasteiger partial charge is 0.295 e. The van der Waals surface area contributed by atoms with Crippen LogP contribution in [0.15, 0.2) is 78.4 Å². The van der Waals surface area contributed by atoms with E-state index >= 15 is 0 Å². The minimum atomic E-state index is -0.828. The van der Waals surface area contributed by atoms with Crippen molar-refractivity contribution in [2.75, 3.05) is 20.8 Å². The Hall–Kier alpha value is -4.26. The Kier molecular flexibility index (Phi) is 7.59. The summed E-state index contributed by atoms with van der Waals surface area (Å²) in [7, 11) is 3.05. The Morgan fingerprint density at radius 3 is 2.36 bits per heavy atom. The number of rotatable bonds is 9. The third-order valence-corrected chi connectivity index (χ3v) is 6.04. The maximum absolute atomic E-state index is 13.3. The second-order valence-corrected chi connectivity index (χ2v) is 8.40. The summed E-state index contributed by atoms with van der Waals surface area (Å²) in [6, 6.07) is 20.7. The Morgan fingerprint density at radius 1 is 0.917 bits per heavy atom. The first-order chi connectivity index (χ1) is 17.5. The molecule has 7 nitrogen and oxygen atoms in total. The predicted octanol–water partition coefficient (Wildman–Crippen LogP) is 5.11. The number of methoxy groups -OCH3 is 2. The first-order valence-electron chi connectivity index (χ1n) is 11.8. The van der Waals surface area contributed by atoms with Gasteiger partial charge in [-0.15, -0.1) is 0 Å². The summed E-state index contributed by atoms with van der Waals surface area (Å²) in [4.78, 5) is 28.1. The molecule has 1 aliphatic heterocycles. The van der Waals surface area contributed by atoms with Gasteiger partial charge in [0.2, 0.25) is 0 Å². The van der Waals surface area contributed by atoms with Crippen LogP contribution in [0.25, 0.3) is 5.76 Å². The molecule has 36 heavy (non-hydrogen) atoms. The molecule has 1 N–H and O–H groups in total. The molecule has 0 saturated carbocycles. The first-order valence-corrected chi connectivity index (χ1v) is 11.8. The minimum Gasteiger partial charge on any atom is -0.507 e. The van der Waals surface area contributed by atoms with Crippen molar-refractivity contribution in [2.24, 2.45) is 0 Å². The van der Waals surface area contributed by atoms with Gasteiger partial charge in [-0.1, -0.05) is 55.5 Å². The van der Waals surface area contributed by atoms with Crippen LogP contribution in [-0.4, -0.2) is 42.5 Å². The van der Waals surface area contributed by atoms with Crippen LogP contribution >= 0.6 is 0 Å². The second-order valence-electron chi connectivity index (χ2n) is 8.40. The van der Waals surface area contributed by atoms with Crippen molar-refractivity contribution in [3.8, 4) is 17.2 Å². The lowest BCUT2D eigenvalue weighted by Gasteiger charge is -2.26. The summed E-state index contributed by atoms with van der Waals surface area (Å²) < 4.78 is 16.5. The van der Waals surface area contributed by atoms with E-state index in [0.29, 0.717) is 35.0 Å². The van der Waals surface area contributed by atoms with Gasteiger partial charge in [0.15, 0.2) is 11.5 Å². The zero-order valence-corrected chi connectivity index (χ0v) is 20.6. The molecule has 1 fully saturated rings. The lowest BCUT2D eigenvalue weighted by Crippen LogP contribution is -2.29. The molecule has 3 aromatic rings. The molecule has 4 rings (SSSR count). The largest absolute Gasteiger partial charge is 0.507 e. The molecule has 1 amide bonds. The number of nitrogens with zero attached hydrogens (tertiary/aromatic N) is 1. The predicted molar refractivity (Wildman–Crippen MR) is 136 cm³/mol. The topological polar surface area (TPSA) is 85.3 Å². The van der Waals surface area contributed by atoms with E-state index in [2.05, 4.69) is 0 Å². The van der Waals surface area contributed by atoms with Gasteiger partial charge in [0.05, 0.1) is 32.4 Å². The Bertz CT molecular complexity index is 1280. The Labute approximate surface area is 210 Å². The molecule has 0 bridgehead atoms. The Balaban J connectivity index is 1.86. The molecule has 0 radical (unpaired) electrons. The van der Waals surface area contributed by atoms with Gasteiger partial charge in [-0.25, -0.2) is 0 Å². The number of benzene rings is 3. The normalized spacial score (nSPS) is 16.8. The van der Waals surface area contributed by atoms with Crippen molar-refractivity contribution in [1.29, 1.82) is 0 Å². The molecular formula is C29H29NO6. The summed E-state index contributed by atoms with van der Waals surface area (Å²) in [5, 5.41) is 11.4. The van der Waals surface area contributed by atoms with E-state index in [9.17, 15) is 14.7 Å². The van der Waals surface area contributed by atoms with Gasteiger partial charge in [0.1, 0.15) is 11.5 Å². The van der Waals surface area contributed by atoms with Crippen molar-refractivity contribution in [3.05, 3.63) is 95.1 Å². The molecule has 0 aliphatic carbocycles. The molecule has 0 aromatic heterocycles. The van der Waals surface area contributed by atoms with Crippen LogP contribution in [-0.2, 0) is 16.1 Å². The molecule has 1 saturated heterocycles. The molecule has 1 aliphatic rings. The average Bonchev–Trinajstić information content (AvgIpc) is 3.16. The van der Waals surface area contributed by atoms with Gasteiger partial charge in [-0.2, -0.15) is 0 Å². The first kappa shape index (κ1) is 24.9. The number of ketones is 1. The number of aliphatic hydroxyl groups is 1. The van der Waals surface area contributed by atoms with E-state index in [0.717, 1.165) is 12.0 Å². The van der Waals surface area contributed by atoms with E-state index in [1.54, 1.807) is 42.5 Å². The molecule has 1 heterocycles. The Morgan fingerprint density at radius 2 is 1.67 bits per heavy atom. The second kappa shape index (κ2) is 11.0. The maximum atomic E-state index is 13.3. The van der Waals surface area contributed by atoms with E-state index in [1.807, 2.05) is 37.3 Å². The number of carbonyl (C=O) groups excluding carboxylic acids is 2. The van der Waals surface area contributed by atoms with Crippen molar-refractivity contribution < 1.29 is 28.9 Å². The summed E-state index contributed by atoms with van der Waals surface area (Å²) in [5.74, 6) is -0.147. The molecule has 1 unspecified atom stereocenters. The minimum absolute atomic E-state index is 0.00999. The third kappa shape index (κ3) is 4.91. The number of hydrogen-bond acceptors (Lipinski definition) is 6.